The molecule has 0 spiro atoms. The standard InChI is InChI=1S/C36H39ClF3N5O4Si/c1-34(2,3)50(5,6)49-35(4)20-28(45(33(35)48)29-16-22(21-41)14-15-42-29)32(47)44(25-11-9-10-23(38)17-25)30(26-12-7-8-13-27(26)37)31(46)43-24-18-36(39,40)19-24/h7-17,24,28,30H,18-20H2,1-6H3,(H,43,46)/t28-,30?,35?/m0/s1. The second-order valence-corrected chi connectivity index (χ2v) is 19.7. The number of amides is 3. The monoisotopic (exact) mass is 725 g/mol. The molecule has 2 aromatic carbocycles. The molecule has 2 fully saturated rings. The smallest absolute Gasteiger partial charge is 0.259 e. The SMILES string of the molecule is CC1(O[Si](C)(C)C(C)(C)C)C[C@@H](C(=O)N(c2cccc(F)c2)C(C(=O)NC2CC(F)(F)C2)c2ccccc2Cl)N(c2cc(C#N)ccn2)C1=O. The summed E-state index contributed by atoms with van der Waals surface area (Å²) in [5.74, 6) is -5.87. The molecule has 264 valence electrons. The molecule has 1 saturated carbocycles. The Bertz CT molecular complexity index is 1860. The second-order valence-electron chi connectivity index (χ2n) is 14.6. The largest absolute Gasteiger partial charge is 0.403 e. The third-order valence-corrected chi connectivity index (χ3v) is 14.6. The van der Waals surface area contributed by atoms with Crippen LogP contribution in [0.25, 0.3) is 0 Å². The number of halogens is 4. The normalized spacial score (nSPS) is 21.3. The quantitative estimate of drug-likeness (QED) is 0.231. The van der Waals surface area contributed by atoms with E-state index in [1.165, 1.54) is 48.7 Å². The highest BCUT2D eigenvalue weighted by atomic mass is 35.5. The number of nitrogens with one attached hydrogen (secondary N) is 1. The van der Waals surface area contributed by atoms with Gasteiger partial charge in [0, 0.05) is 47.8 Å². The maximum atomic E-state index is 15.2. The summed E-state index contributed by atoms with van der Waals surface area (Å²) in [6.45, 7) is 11.6. The summed E-state index contributed by atoms with van der Waals surface area (Å²) in [7, 11) is -2.66. The molecule has 1 aliphatic carbocycles. The third-order valence-electron chi connectivity index (χ3n) is 9.73. The van der Waals surface area contributed by atoms with Crippen LogP contribution in [0, 0.1) is 17.1 Å². The highest BCUT2D eigenvalue weighted by Crippen LogP contribution is 2.45. The van der Waals surface area contributed by atoms with Crippen molar-refractivity contribution in [3.8, 4) is 6.07 Å². The number of nitrogens with zero attached hydrogens (tertiary/aromatic N) is 4. The maximum Gasteiger partial charge on any atom is 0.259 e. The highest BCUT2D eigenvalue weighted by Gasteiger charge is 2.58. The van der Waals surface area contributed by atoms with Crippen LogP contribution in [0.5, 0.6) is 0 Å². The molecule has 3 atom stereocenters. The van der Waals surface area contributed by atoms with Gasteiger partial charge >= 0.3 is 0 Å². The van der Waals surface area contributed by atoms with E-state index < -0.39 is 74.3 Å². The number of carbonyl (C=O) groups excluding carboxylic acids is 3. The number of rotatable bonds is 9. The van der Waals surface area contributed by atoms with Crippen LogP contribution in [0.2, 0.25) is 23.2 Å². The van der Waals surface area contributed by atoms with Gasteiger partial charge in [0.1, 0.15) is 29.3 Å². The van der Waals surface area contributed by atoms with Crippen molar-refractivity contribution in [2.45, 2.75) is 94.7 Å². The Hall–Kier alpha value is -4.25. The topological polar surface area (TPSA) is 116 Å². The average molecular weight is 726 g/mol. The molecule has 3 aromatic rings. The molecular formula is C36H39ClF3N5O4Si. The number of nitriles is 1. The molecule has 1 saturated heterocycles. The molecule has 1 N–H and O–H groups in total. The van der Waals surface area contributed by atoms with Crippen LogP contribution < -0.4 is 15.1 Å². The number of hydrogen-bond acceptors (Lipinski definition) is 6. The molecule has 5 rings (SSSR count). The summed E-state index contributed by atoms with van der Waals surface area (Å²) in [4.78, 5) is 50.5. The van der Waals surface area contributed by atoms with E-state index in [1.54, 1.807) is 19.1 Å². The van der Waals surface area contributed by atoms with Crippen LogP contribution >= 0.6 is 11.6 Å². The zero-order valence-corrected chi connectivity index (χ0v) is 30.4. The zero-order valence-electron chi connectivity index (χ0n) is 28.6. The minimum absolute atomic E-state index is 0.00425. The van der Waals surface area contributed by atoms with Crippen molar-refractivity contribution in [1.82, 2.24) is 10.3 Å². The van der Waals surface area contributed by atoms with Crippen LogP contribution in [0.4, 0.5) is 24.7 Å². The van der Waals surface area contributed by atoms with Crippen molar-refractivity contribution in [2.75, 3.05) is 9.80 Å². The van der Waals surface area contributed by atoms with Gasteiger partial charge in [0.2, 0.25) is 5.91 Å². The van der Waals surface area contributed by atoms with Crippen molar-refractivity contribution in [3.05, 3.63) is 88.8 Å². The molecular weight excluding hydrogens is 687 g/mol. The number of pyridine rings is 1. The van der Waals surface area contributed by atoms with Gasteiger partial charge in [0.25, 0.3) is 17.7 Å². The minimum Gasteiger partial charge on any atom is -0.403 e. The Kier molecular flexibility index (Phi) is 9.97. The van der Waals surface area contributed by atoms with Crippen molar-refractivity contribution >= 4 is 49.1 Å². The molecule has 3 amide bonds. The molecule has 50 heavy (non-hydrogen) atoms. The predicted octanol–water partition coefficient (Wildman–Crippen LogP) is 7.32. The van der Waals surface area contributed by atoms with Crippen molar-refractivity contribution in [3.63, 3.8) is 0 Å². The van der Waals surface area contributed by atoms with Crippen molar-refractivity contribution in [2.24, 2.45) is 0 Å². The number of benzene rings is 2. The fourth-order valence-corrected chi connectivity index (χ4v) is 8.00. The lowest BCUT2D eigenvalue weighted by Crippen LogP contribution is -2.56. The molecule has 0 radical (unpaired) electrons. The molecule has 2 aliphatic rings. The van der Waals surface area contributed by atoms with Crippen LogP contribution in [0.1, 0.15) is 64.1 Å². The zero-order chi connectivity index (χ0) is 36.8. The fraction of sp³-hybridized carbons (Fsp3) is 0.417. The van der Waals surface area contributed by atoms with Crippen molar-refractivity contribution in [1.29, 1.82) is 5.26 Å². The lowest BCUT2D eigenvalue weighted by molar-refractivity contribution is -0.133. The first-order valence-corrected chi connectivity index (χ1v) is 19.5. The summed E-state index contributed by atoms with van der Waals surface area (Å²) in [6.07, 6.45) is -0.0212. The van der Waals surface area contributed by atoms with Gasteiger partial charge in [-0.05, 0) is 61.5 Å². The first-order chi connectivity index (χ1) is 23.3. The molecule has 2 unspecified atom stereocenters. The summed E-state index contributed by atoms with van der Waals surface area (Å²) in [5.41, 5.74) is -1.25. The molecule has 9 nitrogen and oxygen atoms in total. The van der Waals surface area contributed by atoms with E-state index in [4.69, 9.17) is 16.0 Å². The van der Waals surface area contributed by atoms with E-state index in [-0.39, 0.29) is 39.1 Å². The maximum absolute atomic E-state index is 15.2. The lowest BCUT2D eigenvalue weighted by atomic mass is 9.87. The van der Waals surface area contributed by atoms with Crippen LogP contribution in [0.15, 0.2) is 66.9 Å². The molecule has 1 aliphatic heterocycles. The van der Waals surface area contributed by atoms with E-state index >= 15 is 4.79 Å². The Morgan fingerprint density at radius 2 is 1.80 bits per heavy atom. The van der Waals surface area contributed by atoms with E-state index in [9.17, 15) is 28.0 Å². The lowest BCUT2D eigenvalue weighted by Gasteiger charge is -2.41. The number of alkyl halides is 2. The molecule has 2 heterocycles. The van der Waals surface area contributed by atoms with E-state index in [1.807, 2.05) is 39.9 Å². The number of anilines is 2. The Labute approximate surface area is 295 Å². The molecule has 0 bridgehead atoms. The Balaban J connectivity index is 1.68. The van der Waals surface area contributed by atoms with Crippen LogP contribution in [-0.4, -0.2) is 54.6 Å². The summed E-state index contributed by atoms with van der Waals surface area (Å²) in [5, 5.41) is 12.1. The Morgan fingerprint density at radius 3 is 2.40 bits per heavy atom. The average Bonchev–Trinajstić information content (AvgIpc) is 3.27. The van der Waals surface area contributed by atoms with Crippen LogP contribution in [-0.2, 0) is 18.8 Å². The molecule has 14 heteroatoms. The summed E-state index contributed by atoms with van der Waals surface area (Å²) < 4.78 is 49.3. The predicted molar refractivity (Wildman–Crippen MR) is 186 cm³/mol. The highest BCUT2D eigenvalue weighted by molar-refractivity contribution is 6.74. The van der Waals surface area contributed by atoms with E-state index in [0.29, 0.717) is 0 Å². The number of carbonyl (C=O) groups is 3. The van der Waals surface area contributed by atoms with Gasteiger partial charge in [-0.2, -0.15) is 5.26 Å². The van der Waals surface area contributed by atoms with E-state index in [2.05, 4.69) is 10.3 Å². The fourth-order valence-electron chi connectivity index (χ4n) is 6.15. The van der Waals surface area contributed by atoms with Crippen molar-refractivity contribution < 1.29 is 32.0 Å². The van der Waals surface area contributed by atoms with E-state index in [0.717, 1.165) is 15.9 Å². The van der Waals surface area contributed by atoms with Gasteiger partial charge < -0.3 is 9.74 Å². The second kappa shape index (κ2) is 13.5. The van der Waals surface area contributed by atoms with Gasteiger partial charge in [-0.25, -0.2) is 18.2 Å². The summed E-state index contributed by atoms with van der Waals surface area (Å²) in [6, 6.07) is 12.3. The van der Waals surface area contributed by atoms with Gasteiger partial charge in [-0.1, -0.05) is 56.6 Å². The first-order valence-electron chi connectivity index (χ1n) is 16.2. The summed E-state index contributed by atoms with van der Waals surface area (Å²) >= 11 is 6.63. The molecule has 1 aromatic heterocycles. The van der Waals surface area contributed by atoms with Gasteiger partial charge in [0.05, 0.1) is 11.6 Å². The number of aromatic nitrogens is 1. The third kappa shape index (κ3) is 7.29. The van der Waals surface area contributed by atoms with Gasteiger partial charge in [-0.3, -0.25) is 24.2 Å². The van der Waals surface area contributed by atoms with Crippen LogP contribution in [0.3, 0.4) is 0 Å². The first kappa shape index (κ1) is 37.0. The van der Waals surface area contributed by atoms with Gasteiger partial charge in [-0.15, -0.1) is 0 Å². The minimum atomic E-state index is -2.94. The number of hydrogen-bond donors (Lipinski definition) is 1. The van der Waals surface area contributed by atoms with Gasteiger partial charge in [0.15, 0.2) is 8.32 Å². The Morgan fingerprint density at radius 1 is 1.12 bits per heavy atom.